The van der Waals surface area contributed by atoms with Crippen molar-refractivity contribution in [3.05, 3.63) is 65.0 Å². The van der Waals surface area contributed by atoms with Gasteiger partial charge in [-0.05, 0) is 18.6 Å². The zero-order valence-corrected chi connectivity index (χ0v) is 12.9. The summed E-state index contributed by atoms with van der Waals surface area (Å²) < 4.78 is 0. The molecule has 4 nitrogen and oxygen atoms in total. The van der Waals surface area contributed by atoms with E-state index in [1.54, 1.807) is 0 Å². The fourth-order valence-corrected chi connectivity index (χ4v) is 2.92. The Morgan fingerprint density at radius 2 is 1.77 bits per heavy atom. The summed E-state index contributed by atoms with van der Waals surface area (Å²) in [6, 6.07) is 17.2. The van der Waals surface area contributed by atoms with Crippen molar-refractivity contribution in [1.82, 2.24) is 4.98 Å². The van der Waals surface area contributed by atoms with Crippen LogP contribution in [0.1, 0.15) is 15.2 Å². The molecule has 0 aliphatic carbocycles. The molecule has 2 aromatic carbocycles. The van der Waals surface area contributed by atoms with E-state index in [1.165, 1.54) is 11.3 Å². The third kappa shape index (κ3) is 2.84. The van der Waals surface area contributed by atoms with Crippen LogP contribution in [0.25, 0.3) is 11.3 Å². The van der Waals surface area contributed by atoms with E-state index in [0.29, 0.717) is 15.7 Å². The van der Waals surface area contributed by atoms with Gasteiger partial charge in [-0.25, -0.2) is 4.98 Å². The molecule has 0 fully saturated rings. The second-order valence-electron chi connectivity index (χ2n) is 4.86. The van der Waals surface area contributed by atoms with E-state index in [1.807, 2.05) is 61.5 Å². The lowest BCUT2D eigenvalue weighted by Crippen LogP contribution is -2.12. The van der Waals surface area contributed by atoms with Gasteiger partial charge in [-0.2, -0.15) is 0 Å². The molecule has 110 valence electrons. The van der Waals surface area contributed by atoms with Crippen LogP contribution in [-0.2, 0) is 0 Å². The Balaban J connectivity index is 1.95. The Morgan fingerprint density at radius 1 is 1.09 bits per heavy atom. The number of thiazole rings is 1. The minimum atomic E-state index is -0.192. The van der Waals surface area contributed by atoms with Crippen LogP contribution in [0, 0.1) is 6.92 Å². The molecule has 1 heterocycles. The number of rotatable bonds is 3. The smallest absolute Gasteiger partial charge is 0.268 e. The Morgan fingerprint density at radius 3 is 2.50 bits per heavy atom. The predicted molar refractivity (Wildman–Crippen MR) is 91.1 cm³/mol. The molecule has 0 atom stereocenters. The van der Waals surface area contributed by atoms with Gasteiger partial charge in [0.2, 0.25) is 0 Å². The molecular weight excluding hydrogens is 294 g/mol. The van der Waals surface area contributed by atoms with Crippen LogP contribution in [0.4, 0.5) is 10.8 Å². The van der Waals surface area contributed by atoms with Gasteiger partial charge in [0.1, 0.15) is 4.88 Å². The number of carbonyl (C=O) groups excluding carboxylic acids is 1. The van der Waals surface area contributed by atoms with Gasteiger partial charge in [0, 0.05) is 11.3 Å². The quantitative estimate of drug-likeness (QED) is 0.769. The fraction of sp³-hybridized carbons (Fsp3) is 0.0588. The highest BCUT2D eigenvalue weighted by Gasteiger charge is 2.19. The molecule has 3 N–H and O–H groups in total. The van der Waals surface area contributed by atoms with Gasteiger partial charge in [-0.3, -0.25) is 4.79 Å². The lowest BCUT2D eigenvalue weighted by atomic mass is 10.1. The molecule has 1 aromatic heterocycles. The van der Waals surface area contributed by atoms with Crippen molar-refractivity contribution in [2.24, 2.45) is 0 Å². The van der Waals surface area contributed by atoms with Gasteiger partial charge < -0.3 is 11.1 Å². The molecule has 0 saturated heterocycles. The summed E-state index contributed by atoms with van der Waals surface area (Å²) >= 11 is 1.20. The number of para-hydroxylation sites is 1. The number of anilines is 2. The molecule has 22 heavy (non-hydrogen) atoms. The average Bonchev–Trinajstić information content (AvgIpc) is 2.92. The molecule has 0 spiro atoms. The number of aryl methyl sites for hydroxylation is 1. The van der Waals surface area contributed by atoms with Crippen LogP contribution >= 0.6 is 11.3 Å². The van der Waals surface area contributed by atoms with Gasteiger partial charge in [0.05, 0.1) is 5.69 Å². The van der Waals surface area contributed by atoms with Crippen molar-refractivity contribution >= 4 is 28.1 Å². The number of amides is 1. The number of hydrogen-bond donors (Lipinski definition) is 2. The third-order valence-corrected chi connectivity index (χ3v) is 4.17. The minimum absolute atomic E-state index is 0.192. The summed E-state index contributed by atoms with van der Waals surface area (Å²) in [4.78, 5) is 17.4. The van der Waals surface area contributed by atoms with Crippen molar-refractivity contribution in [3.8, 4) is 11.3 Å². The highest BCUT2D eigenvalue weighted by atomic mass is 32.1. The van der Waals surface area contributed by atoms with Gasteiger partial charge in [0.15, 0.2) is 5.13 Å². The molecule has 0 saturated carbocycles. The first kappa shape index (κ1) is 14.3. The maximum Gasteiger partial charge on any atom is 0.268 e. The lowest BCUT2D eigenvalue weighted by molar-refractivity contribution is 0.103. The van der Waals surface area contributed by atoms with E-state index in [9.17, 15) is 4.79 Å². The topological polar surface area (TPSA) is 68.0 Å². The number of carbonyl (C=O) groups is 1. The summed E-state index contributed by atoms with van der Waals surface area (Å²) in [5.41, 5.74) is 9.10. The van der Waals surface area contributed by atoms with Crippen molar-refractivity contribution in [3.63, 3.8) is 0 Å². The zero-order valence-electron chi connectivity index (χ0n) is 12.0. The van der Waals surface area contributed by atoms with E-state index < -0.39 is 0 Å². The van der Waals surface area contributed by atoms with Gasteiger partial charge in [-0.1, -0.05) is 59.9 Å². The molecule has 5 heteroatoms. The lowest BCUT2D eigenvalue weighted by Gasteiger charge is -2.07. The van der Waals surface area contributed by atoms with Crippen LogP contribution in [0.2, 0.25) is 0 Å². The molecule has 1 amide bonds. The molecule has 0 radical (unpaired) electrons. The summed E-state index contributed by atoms with van der Waals surface area (Å²) in [7, 11) is 0. The third-order valence-electron chi connectivity index (χ3n) is 3.29. The van der Waals surface area contributed by atoms with E-state index in [0.717, 1.165) is 16.8 Å². The Kier molecular flexibility index (Phi) is 3.89. The number of nitrogens with one attached hydrogen (secondary N) is 1. The van der Waals surface area contributed by atoms with Gasteiger partial charge in [-0.15, -0.1) is 0 Å². The molecule has 0 unspecified atom stereocenters. The second-order valence-corrected chi connectivity index (χ2v) is 5.90. The Bertz CT molecular complexity index is 812. The van der Waals surface area contributed by atoms with Gasteiger partial charge >= 0.3 is 0 Å². The predicted octanol–water partition coefficient (Wildman–Crippen LogP) is 3.95. The Labute approximate surface area is 132 Å². The van der Waals surface area contributed by atoms with Gasteiger partial charge in [0.25, 0.3) is 5.91 Å². The average molecular weight is 309 g/mol. The number of aromatic nitrogens is 1. The van der Waals surface area contributed by atoms with Crippen LogP contribution in [-0.4, -0.2) is 10.9 Å². The summed E-state index contributed by atoms with van der Waals surface area (Å²) in [5, 5.41) is 3.31. The molecule has 0 bridgehead atoms. The molecule has 3 aromatic rings. The summed E-state index contributed by atoms with van der Waals surface area (Å²) in [5.74, 6) is -0.192. The standard InChI is InChI=1S/C17H15N3OS/c1-11-7-5-6-10-13(11)19-16(21)15-14(20-17(18)22-15)12-8-3-2-4-9-12/h2-10H,1H3,(H2,18,20)(H,19,21). The molecule has 0 aliphatic rings. The first-order valence-electron chi connectivity index (χ1n) is 6.84. The minimum Gasteiger partial charge on any atom is -0.375 e. The van der Waals surface area contributed by atoms with Crippen molar-refractivity contribution in [2.75, 3.05) is 11.1 Å². The highest BCUT2D eigenvalue weighted by Crippen LogP contribution is 2.30. The van der Waals surface area contributed by atoms with Crippen LogP contribution in [0.3, 0.4) is 0 Å². The SMILES string of the molecule is Cc1ccccc1NC(=O)c1sc(N)nc1-c1ccccc1. The number of hydrogen-bond acceptors (Lipinski definition) is 4. The van der Waals surface area contributed by atoms with E-state index >= 15 is 0 Å². The molecular formula is C17H15N3OS. The summed E-state index contributed by atoms with van der Waals surface area (Å²) in [6.45, 7) is 1.95. The monoisotopic (exact) mass is 309 g/mol. The fourth-order valence-electron chi connectivity index (χ4n) is 2.17. The maximum absolute atomic E-state index is 12.6. The van der Waals surface area contributed by atoms with E-state index in [2.05, 4.69) is 10.3 Å². The van der Waals surface area contributed by atoms with Crippen molar-refractivity contribution in [2.45, 2.75) is 6.92 Å². The van der Waals surface area contributed by atoms with Crippen molar-refractivity contribution in [1.29, 1.82) is 0 Å². The number of nitrogen functional groups attached to an aromatic ring is 1. The Hall–Kier alpha value is -2.66. The number of benzene rings is 2. The number of nitrogens with two attached hydrogens (primary N) is 1. The van der Waals surface area contributed by atoms with E-state index in [-0.39, 0.29) is 5.91 Å². The van der Waals surface area contributed by atoms with Crippen LogP contribution in [0.15, 0.2) is 54.6 Å². The number of nitrogens with zero attached hydrogens (tertiary/aromatic N) is 1. The first-order chi connectivity index (χ1) is 10.6. The highest BCUT2D eigenvalue weighted by molar-refractivity contribution is 7.17. The normalized spacial score (nSPS) is 10.4. The maximum atomic E-state index is 12.6. The second kappa shape index (κ2) is 5.99. The van der Waals surface area contributed by atoms with Crippen LogP contribution < -0.4 is 11.1 Å². The van der Waals surface area contributed by atoms with Crippen LogP contribution in [0.5, 0.6) is 0 Å². The first-order valence-corrected chi connectivity index (χ1v) is 7.65. The van der Waals surface area contributed by atoms with Crippen molar-refractivity contribution < 1.29 is 4.79 Å². The van der Waals surface area contributed by atoms with E-state index in [4.69, 9.17) is 5.73 Å². The molecule has 3 rings (SSSR count). The largest absolute Gasteiger partial charge is 0.375 e. The summed E-state index contributed by atoms with van der Waals surface area (Å²) in [6.07, 6.45) is 0. The molecule has 0 aliphatic heterocycles. The zero-order chi connectivity index (χ0) is 15.5.